The summed E-state index contributed by atoms with van der Waals surface area (Å²) in [5.74, 6) is 1.33. The topological polar surface area (TPSA) is 46.3 Å². The van der Waals surface area contributed by atoms with Gasteiger partial charge < -0.3 is 10.6 Å². The highest BCUT2D eigenvalue weighted by Gasteiger charge is 2.42. The number of likely N-dealkylation sites (tertiary alicyclic amines) is 1. The fourth-order valence-corrected chi connectivity index (χ4v) is 3.98. The molecule has 1 saturated heterocycles. The van der Waals surface area contributed by atoms with Gasteiger partial charge in [-0.15, -0.1) is 0 Å². The molecular weight excluding hydrogens is 351 g/mol. The average Bonchev–Trinajstić information content (AvgIpc) is 2.95. The van der Waals surface area contributed by atoms with Crippen molar-refractivity contribution in [2.24, 2.45) is 17.6 Å². The minimum atomic E-state index is 0.178. The molecule has 0 bridgehead atoms. The number of halogens is 1. The van der Waals surface area contributed by atoms with Crippen molar-refractivity contribution in [1.29, 1.82) is 0 Å². The number of rotatable bonds is 1. The number of nitrogens with zero attached hydrogens (tertiary/aromatic N) is 1. The van der Waals surface area contributed by atoms with Crippen molar-refractivity contribution >= 4 is 28.5 Å². The van der Waals surface area contributed by atoms with E-state index in [0.717, 1.165) is 34.2 Å². The highest BCUT2D eigenvalue weighted by atomic mass is 127. The van der Waals surface area contributed by atoms with Crippen molar-refractivity contribution in [3.63, 3.8) is 0 Å². The standard InChI is InChI=1S/C15H19IN2O/c1-9-11(3-2-4-13(9)16)15(19)18-7-10-5-6-14(17)12(10)8-18/h2-4,10,12,14H,5-8,17H2,1H3. The first-order chi connectivity index (χ1) is 9.08. The molecule has 2 fully saturated rings. The summed E-state index contributed by atoms with van der Waals surface area (Å²) in [6.45, 7) is 3.76. The summed E-state index contributed by atoms with van der Waals surface area (Å²) in [7, 11) is 0. The Balaban J connectivity index is 1.81. The second kappa shape index (κ2) is 5.05. The number of amides is 1. The van der Waals surface area contributed by atoms with Crippen LogP contribution in [0.15, 0.2) is 18.2 Å². The van der Waals surface area contributed by atoms with E-state index in [0.29, 0.717) is 17.9 Å². The largest absolute Gasteiger partial charge is 0.338 e. The Labute approximate surface area is 127 Å². The third-order valence-electron chi connectivity index (χ3n) is 4.70. The summed E-state index contributed by atoms with van der Waals surface area (Å²) >= 11 is 2.29. The van der Waals surface area contributed by atoms with Crippen molar-refractivity contribution in [3.05, 3.63) is 32.9 Å². The van der Waals surface area contributed by atoms with Gasteiger partial charge in [0.1, 0.15) is 0 Å². The maximum Gasteiger partial charge on any atom is 0.254 e. The van der Waals surface area contributed by atoms with Crippen molar-refractivity contribution in [3.8, 4) is 0 Å². The minimum absolute atomic E-state index is 0.178. The molecule has 0 spiro atoms. The summed E-state index contributed by atoms with van der Waals surface area (Å²) in [4.78, 5) is 14.6. The number of hydrogen-bond acceptors (Lipinski definition) is 2. The molecule has 1 aromatic rings. The lowest BCUT2D eigenvalue weighted by atomic mass is 9.98. The van der Waals surface area contributed by atoms with E-state index in [1.807, 2.05) is 30.0 Å². The number of nitrogens with two attached hydrogens (primary N) is 1. The third-order valence-corrected chi connectivity index (χ3v) is 5.87. The fourth-order valence-electron chi connectivity index (χ4n) is 3.48. The number of carbonyl (C=O) groups excluding carboxylic acids is 1. The molecule has 1 aliphatic carbocycles. The molecule has 3 nitrogen and oxygen atoms in total. The third kappa shape index (κ3) is 2.29. The van der Waals surface area contributed by atoms with E-state index in [1.165, 1.54) is 6.42 Å². The van der Waals surface area contributed by atoms with Gasteiger partial charge in [-0.25, -0.2) is 0 Å². The highest BCUT2D eigenvalue weighted by Crippen LogP contribution is 2.37. The molecule has 0 aromatic heterocycles. The molecule has 3 atom stereocenters. The lowest BCUT2D eigenvalue weighted by molar-refractivity contribution is 0.0779. The van der Waals surface area contributed by atoms with Gasteiger partial charge in [-0.1, -0.05) is 6.07 Å². The Kier molecular flexibility index (Phi) is 3.55. The zero-order valence-electron chi connectivity index (χ0n) is 11.1. The molecule has 1 aliphatic heterocycles. The Morgan fingerprint density at radius 2 is 2.16 bits per heavy atom. The highest BCUT2D eigenvalue weighted by molar-refractivity contribution is 14.1. The van der Waals surface area contributed by atoms with Crippen LogP contribution in [-0.2, 0) is 0 Å². The van der Waals surface area contributed by atoms with Gasteiger partial charge in [0.2, 0.25) is 0 Å². The van der Waals surface area contributed by atoms with Crippen LogP contribution in [0.5, 0.6) is 0 Å². The first-order valence-electron chi connectivity index (χ1n) is 6.88. The predicted molar refractivity (Wildman–Crippen MR) is 84.0 cm³/mol. The number of benzene rings is 1. The number of fused-ring (bicyclic) bond motifs is 1. The quantitative estimate of drug-likeness (QED) is 0.772. The Bertz CT molecular complexity index is 517. The summed E-state index contributed by atoms with van der Waals surface area (Å²) in [5.41, 5.74) is 8.08. The van der Waals surface area contributed by atoms with Gasteiger partial charge in [-0.2, -0.15) is 0 Å². The average molecular weight is 370 g/mol. The van der Waals surface area contributed by atoms with Gasteiger partial charge in [-0.3, -0.25) is 4.79 Å². The van der Waals surface area contributed by atoms with E-state index in [1.54, 1.807) is 0 Å². The maximum absolute atomic E-state index is 12.6. The van der Waals surface area contributed by atoms with E-state index in [9.17, 15) is 4.79 Å². The Hall–Kier alpha value is -0.620. The molecule has 19 heavy (non-hydrogen) atoms. The van der Waals surface area contributed by atoms with Gasteiger partial charge in [0.25, 0.3) is 5.91 Å². The molecule has 2 aliphatic rings. The van der Waals surface area contributed by atoms with Crippen LogP contribution in [0.25, 0.3) is 0 Å². The summed E-state index contributed by atoms with van der Waals surface area (Å²) < 4.78 is 1.15. The first-order valence-corrected chi connectivity index (χ1v) is 7.95. The SMILES string of the molecule is Cc1c(I)cccc1C(=O)N1CC2CCC(N)C2C1. The molecule has 1 amide bonds. The van der Waals surface area contributed by atoms with Crippen LogP contribution in [0.4, 0.5) is 0 Å². The maximum atomic E-state index is 12.6. The minimum Gasteiger partial charge on any atom is -0.338 e. The van der Waals surface area contributed by atoms with E-state index >= 15 is 0 Å². The van der Waals surface area contributed by atoms with E-state index < -0.39 is 0 Å². The van der Waals surface area contributed by atoms with Crippen molar-refractivity contribution in [1.82, 2.24) is 4.90 Å². The van der Waals surface area contributed by atoms with E-state index in [-0.39, 0.29) is 5.91 Å². The lowest BCUT2D eigenvalue weighted by Crippen LogP contribution is -2.33. The van der Waals surface area contributed by atoms with Gasteiger partial charge in [0, 0.05) is 28.3 Å². The van der Waals surface area contributed by atoms with Crippen LogP contribution in [0.1, 0.15) is 28.8 Å². The van der Waals surface area contributed by atoms with Gasteiger partial charge in [0.15, 0.2) is 0 Å². The molecule has 102 valence electrons. The molecule has 1 aromatic carbocycles. The van der Waals surface area contributed by atoms with Crippen LogP contribution in [0, 0.1) is 22.3 Å². The summed E-state index contributed by atoms with van der Waals surface area (Å²) in [6.07, 6.45) is 2.31. The fraction of sp³-hybridized carbons (Fsp3) is 0.533. The summed E-state index contributed by atoms with van der Waals surface area (Å²) in [5, 5.41) is 0. The second-order valence-electron chi connectivity index (χ2n) is 5.79. The second-order valence-corrected chi connectivity index (χ2v) is 6.95. The van der Waals surface area contributed by atoms with E-state index in [4.69, 9.17) is 5.73 Å². The molecule has 1 heterocycles. The predicted octanol–water partition coefficient (Wildman–Crippen LogP) is 2.41. The van der Waals surface area contributed by atoms with Crippen molar-refractivity contribution in [2.75, 3.05) is 13.1 Å². The van der Waals surface area contributed by atoms with Crippen LogP contribution >= 0.6 is 22.6 Å². The first kappa shape index (κ1) is 13.4. The molecular formula is C15H19IN2O. The number of hydrogen-bond donors (Lipinski definition) is 1. The Morgan fingerprint density at radius 3 is 2.89 bits per heavy atom. The van der Waals surface area contributed by atoms with Crippen LogP contribution in [-0.4, -0.2) is 29.9 Å². The molecule has 4 heteroatoms. The van der Waals surface area contributed by atoms with Gasteiger partial charge >= 0.3 is 0 Å². The molecule has 2 N–H and O–H groups in total. The monoisotopic (exact) mass is 370 g/mol. The van der Waals surface area contributed by atoms with Crippen molar-refractivity contribution < 1.29 is 4.79 Å². The van der Waals surface area contributed by atoms with Crippen LogP contribution < -0.4 is 5.73 Å². The molecule has 3 rings (SSSR count). The zero-order valence-corrected chi connectivity index (χ0v) is 13.3. The van der Waals surface area contributed by atoms with Gasteiger partial charge in [0.05, 0.1) is 0 Å². The molecule has 1 saturated carbocycles. The van der Waals surface area contributed by atoms with Gasteiger partial charge in [-0.05, 0) is 71.9 Å². The Morgan fingerprint density at radius 1 is 1.37 bits per heavy atom. The normalized spacial score (nSPS) is 29.6. The molecule has 0 radical (unpaired) electrons. The van der Waals surface area contributed by atoms with E-state index in [2.05, 4.69) is 22.6 Å². The molecule has 3 unspecified atom stereocenters. The zero-order chi connectivity index (χ0) is 13.6. The van der Waals surface area contributed by atoms with Crippen LogP contribution in [0.3, 0.4) is 0 Å². The smallest absolute Gasteiger partial charge is 0.254 e. The number of carbonyl (C=O) groups is 1. The lowest BCUT2D eigenvalue weighted by Gasteiger charge is -2.20. The summed E-state index contributed by atoms with van der Waals surface area (Å²) in [6, 6.07) is 6.24. The van der Waals surface area contributed by atoms with Crippen molar-refractivity contribution in [2.45, 2.75) is 25.8 Å². The van der Waals surface area contributed by atoms with Crippen LogP contribution in [0.2, 0.25) is 0 Å².